The summed E-state index contributed by atoms with van der Waals surface area (Å²) in [5.74, 6) is 0.247. The minimum atomic E-state index is -0.517. The Morgan fingerprint density at radius 3 is 2.35 bits per heavy atom. The number of hydrogen-bond donors (Lipinski definition) is 2. The number of hydrogen-bond acceptors (Lipinski definition) is 5. The SMILES string of the molecule is CCNC(=NCCCCCC(=O)OC(C)(C)C)NC(=O)OCC. The summed E-state index contributed by atoms with van der Waals surface area (Å²) in [5, 5.41) is 5.53. The number of carbonyl (C=O) groups excluding carboxylic acids is 2. The predicted octanol–water partition coefficient (Wildman–Crippen LogP) is 2.60. The lowest BCUT2D eigenvalue weighted by atomic mass is 10.1. The number of carbonyl (C=O) groups is 2. The summed E-state index contributed by atoms with van der Waals surface area (Å²) in [6.07, 6.45) is 2.38. The molecule has 7 heteroatoms. The molecule has 0 spiro atoms. The Labute approximate surface area is 139 Å². The van der Waals surface area contributed by atoms with Gasteiger partial charge in [0.2, 0.25) is 5.96 Å². The molecular weight excluding hydrogens is 298 g/mol. The molecule has 0 saturated heterocycles. The molecule has 0 fully saturated rings. The number of alkyl carbamates (subject to hydrolysis) is 1. The summed E-state index contributed by atoms with van der Waals surface area (Å²) < 4.78 is 10.1. The number of guanidine groups is 1. The first-order valence-corrected chi connectivity index (χ1v) is 8.22. The van der Waals surface area contributed by atoms with E-state index in [0.717, 1.165) is 19.3 Å². The van der Waals surface area contributed by atoms with Gasteiger partial charge in [-0.15, -0.1) is 0 Å². The Hall–Kier alpha value is -1.79. The maximum absolute atomic E-state index is 11.5. The van der Waals surface area contributed by atoms with E-state index in [0.29, 0.717) is 32.1 Å². The number of unbranched alkanes of at least 4 members (excludes halogenated alkanes) is 2. The van der Waals surface area contributed by atoms with Gasteiger partial charge in [-0.25, -0.2) is 4.79 Å². The Kier molecular flexibility index (Phi) is 10.8. The number of esters is 1. The first-order valence-electron chi connectivity index (χ1n) is 8.22. The predicted molar refractivity (Wildman–Crippen MR) is 90.4 cm³/mol. The monoisotopic (exact) mass is 329 g/mol. The van der Waals surface area contributed by atoms with Crippen molar-refractivity contribution in [2.24, 2.45) is 4.99 Å². The van der Waals surface area contributed by atoms with E-state index in [2.05, 4.69) is 15.6 Å². The van der Waals surface area contributed by atoms with Crippen molar-refractivity contribution in [1.29, 1.82) is 0 Å². The molecule has 2 N–H and O–H groups in total. The zero-order valence-electron chi connectivity index (χ0n) is 15.0. The second-order valence-electron chi connectivity index (χ2n) is 6.00. The van der Waals surface area contributed by atoms with Gasteiger partial charge in [0, 0.05) is 19.5 Å². The van der Waals surface area contributed by atoms with Crippen LogP contribution in [0, 0.1) is 0 Å². The van der Waals surface area contributed by atoms with Crippen molar-refractivity contribution in [2.45, 2.75) is 65.9 Å². The maximum atomic E-state index is 11.5. The van der Waals surface area contributed by atoms with Gasteiger partial charge in [-0.05, 0) is 47.5 Å². The molecule has 134 valence electrons. The van der Waals surface area contributed by atoms with Crippen LogP contribution in [0.3, 0.4) is 0 Å². The molecule has 7 nitrogen and oxygen atoms in total. The van der Waals surface area contributed by atoms with Crippen molar-refractivity contribution in [3.63, 3.8) is 0 Å². The van der Waals surface area contributed by atoms with E-state index in [-0.39, 0.29) is 5.97 Å². The van der Waals surface area contributed by atoms with Crippen molar-refractivity contribution in [2.75, 3.05) is 19.7 Å². The van der Waals surface area contributed by atoms with E-state index in [9.17, 15) is 9.59 Å². The van der Waals surface area contributed by atoms with Crippen LogP contribution in [0.5, 0.6) is 0 Å². The topological polar surface area (TPSA) is 89.0 Å². The number of ether oxygens (including phenoxy) is 2. The van der Waals surface area contributed by atoms with E-state index >= 15 is 0 Å². The smallest absolute Gasteiger partial charge is 0.413 e. The normalized spacial score (nSPS) is 11.8. The summed E-state index contributed by atoms with van der Waals surface area (Å²) in [5.41, 5.74) is -0.430. The largest absolute Gasteiger partial charge is 0.460 e. The number of rotatable bonds is 8. The Morgan fingerprint density at radius 1 is 1.09 bits per heavy atom. The first kappa shape index (κ1) is 21.2. The first-order chi connectivity index (χ1) is 10.8. The molecule has 0 aromatic heterocycles. The molecule has 0 aliphatic carbocycles. The van der Waals surface area contributed by atoms with Crippen molar-refractivity contribution in [3.05, 3.63) is 0 Å². The van der Waals surface area contributed by atoms with Gasteiger partial charge < -0.3 is 14.8 Å². The van der Waals surface area contributed by atoms with Gasteiger partial charge in [-0.1, -0.05) is 6.42 Å². The zero-order valence-corrected chi connectivity index (χ0v) is 15.0. The highest BCUT2D eigenvalue weighted by molar-refractivity contribution is 5.93. The molecule has 0 aromatic rings. The molecule has 23 heavy (non-hydrogen) atoms. The Bertz CT molecular complexity index is 389. The fourth-order valence-electron chi connectivity index (χ4n) is 1.71. The summed E-state index contributed by atoms with van der Waals surface area (Å²) in [7, 11) is 0. The van der Waals surface area contributed by atoms with E-state index in [1.807, 2.05) is 27.7 Å². The maximum Gasteiger partial charge on any atom is 0.413 e. The van der Waals surface area contributed by atoms with Crippen LogP contribution in [0.4, 0.5) is 4.79 Å². The minimum Gasteiger partial charge on any atom is -0.460 e. The van der Waals surface area contributed by atoms with Gasteiger partial charge in [-0.2, -0.15) is 0 Å². The standard InChI is InChI=1S/C16H31N3O4/c1-6-17-14(19-15(21)22-7-2)18-12-10-8-9-11-13(20)23-16(3,4)5/h6-12H2,1-5H3,(H2,17,18,19,21). The highest BCUT2D eigenvalue weighted by Crippen LogP contribution is 2.10. The van der Waals surface area contributed by atoms with Gasteiger partial charge in [0.25, 0.3) is 0 Å². The van der Waals surface area contributed by atoms with Crippen LogP contribution in [0.25, 0.3) is 0 Å². The summed E-state index contributed by atoms with van der Waals surface area (Å²) in [6.45, 7) is 10.8. The highest BCUT2D eigenvalue weighted by atomic mass is 16.6. The lowest BCUT2D eigenvalue weighted by molar-refractivity contribution is -0.154. The van der Waals surface area contributed by atoms with Crippen LogP contribution >= 0.6 is 0 Å². The minimum absolute atomic E-state index is 0.168. The molecule has 0 aliphatic rings. The quantitative estimate of drug-likeness (QED) is 0.309. The van der Waals surface area contributed by atoms with E-state index in [1.165, 1.54) is 0 Å². The molecule has 0 bridgehead atoms. The average molecular weight is 329 g/mol. The molecule has 0 aromatic carbocycles. The van der Waals surface area contributed by atoms with Gasteiger partial charge in [0.15, 0.2) is 0 Å². The van der Waals surface area contributed by atoms with Gasteiger partial charge >= 0.3 is 12.1 Å². The lowest BCUT2D eigenvalue weighted by Crippen LogP contribution is -2.41. The van der Waals surface area contributed by atoms with E-state index < -0.39 is 11.7 Å². The Balaban J connectivity index is 3.95. The van der Waals surface area contributed by atoms with E-state index in [4.69, 9.17) is 9.47 Å². The summed E-state index contributed by atoms with van der Waals surface area (Å²) >= 11 is 0. The average Bonchev–Trinajstić information content (AvgIpc) is 2.41. The fraction of sp³-hybridized carbons (Fsp3) is 0.812. The lowest BCUT2D eigenvalue weighted by Gasteiger charge is -2.19. The number of aliphatic imine (C=N–C) groups is 1. The molecule has 0 heterocycles. The zero-order chi connectivity index (χ0) is 17.7. The van der Waals surface area contributed by atoms with Crippen LogP contribution in [-0.4, -0.2) is 43.3 Å². The number of amides is 1. The Morgan fingerprint density at radius 2 is 1.78 bits per heavy atom. The third-order valence-electron chi connectivity index (χ3n) is 2.57. The third kappa shape index (κ3) is 13.6. The van der Waals surface area contributed by atoms with Crippen molar-refractivity contribution < 1.29 is 19.1 Å². The van der Waals surface area contributed by atoms with Gasteiger partial charge in [0.05, 0.1) is 6.61 Å². The van der Waals surface area contributed by atoms with E-state index in [1.54, 1.807) is 6.92 Å². The molecule has 0 aliphatic heterocycles. The van der Waals surface area contributed by atoms with Gasteiger partial charge in [0.1, 0.15) is 5.60 Å². The molecule has 0 rings (SSSR count). The number of nitrogens with one attached hydrogen (secondary N) is 2. The van der Waals surface area contributed by atoms with Gasteiger partial charge in [-0.3, -0.25) is 15.1 Å². The summed E-state index contributed by atoms with van der Waals surface area (Å²) in [6, 6.07) is 0. The molecule has 1 amide bonds. The van der Waals surface area contributed by atoms with Crippen LogP contribution in [0.15, 0.2) is 4.99 Å². The highest BCUT2D eigenvalue weighted by Gasteiger charge is 2.15. The fourth-order valence-corrected chi connectivity index (χ4v) is 1.71. The van der Waals surface area contributed by atoms with Crippen molar-refractivity contribution >= 4 is 18.0 Å². The van der Waals surface area contributed by atoms with Crippen LogP contribution < -0.4 is 10.6 Å². The third-order valence-corrected chi connectivity index (χ3v) is 2.57. The number of nitrogens with zero attached hydrogens (tertiary/aromatic N) is 1. The second kappa shape index (κ2) is 11.7. The van der Waals surface area contributed by atoms with Crippen LogP contribution in [0.1, 0.15) is 60.3 Å². The molecule has 0 saturated carbocycles. The molecule has 0 radical (unpaired) electrons. The van der Waals surface area contributed by atoms with Crippen molar-refractivity contribution in [3.8, 4) is 0 Å². The summed E-state index contributed by atoms with van der Waals surface area (Å²) in [4.78, 5) is 27.2. The van der Waals surface area contributed by atoms with Crippen molar-refractivity contribution in [1.82, 2.24) is 10.6 Å². The molecule has 0 atom stereocenters. The second-order valence-corrected chi connectivity index (χ2v) is 6.00. The molecular formula is C16H31N3O4. The molecule has 0 unspecified atom stereocenters. The van der Waals surface area contributed by atoms with Crippen LogP contribution in [0.2, 0.25) is 0 Å². The van der Waals surface area contributed by atoms with Crippen LogP contribution in [-0.2, 0) is 14.3 Å².